The van der Waals surface area contributed by atoms with Gasteiger partial charge in [-0.3, -0.25) is 9.58 Å². The normalized spacial score (nSPS) is 12.8. The molecule has 0 unspecified atom stereocenters. The molecule has 0 saturated heterocycles. The largest absolute Gasteiger partial charge is 0.395 e. The summed E-state index contributed by atoms with van der Waals surface area (Å²) in [6.45, 7) is 8.74. The minimum Gasteiger partial charge on any atom is -0.395 e. The van der Waals surface area contributed by atoms with Crippen LogP contribution >= 0.6 is 0 Å². The molecule has 4 nitrogen and oxygen atoms in total. The molecule has 0 amide bonds. The summed E-state index contributed by atoms with van der Waals surface area (Å²) in [4.78, 5) is 2.28. The first-order valence-electron chi connectivity index (χ1n) is 8.64. The first-order valence-corrected chi connectivity index (χ1v) is 8.64. The molecule has 0 aliphatic rings. The Kier molecular flexibility index (Phi) is 6.94. The van der Waals surface area contributed by atoms with E-state index in [1.54, 1.807) is 0 Å². The van der Waals surface area contributed by atoms with Crippen LogP contribution in [0.15, 0.2) is 30.3 Å². The molecular formula is C19H28FN3O. The van der Waals surface area contributed by atoms with Crippen LogP contribution in [-0.4, -0.2) is 39.0 Å². The van der Waals surface area contributed by atoms with E-state index in [0.717, 1.165) is 43.7 Å². The Balaban J connectivity index is 1.97. The van der Waals surface area contributed by atoms with E-state index in [1.807, 2.05) is 23.7 Å². The second-order valence-electron chi connectivity index (χ2n) is 6.35. The fourth-order valence-corrected chi connectivity index (χ4v) is 3.04. The minimum absolute atomic E-state index is 0.121. The van der Waals surface area contributed by atoms with Gasteiger partial charge in [-0.1, -0.05) is 19.1 Å². The monoisotopic (exact) mass is 333 g/mol. The van der Waals surface area contributed by atoms with Crippen molar-refractivity contribution in [3.63, 3.8) is 0 Å². The van der Waals surface area contributed by atoms with Crippen LogP contribution in [0.2, 0.25) is 0 Å². The number of aromatic nitrogens is 2. The van der Waals surface area contributed by atoms with E-state index in [-0.39, 0.29) is 18.5 Å². The molecule has 0 aliphatic carbocycles. The predicted molar refractivity (Wildman–Crippen MR) is 94.3 cm³/mol. The first kappa shape index (κ1) is 18.6. The molecule has 132 valence electrons. The van der Waals surface area contributed by atoms with Crippen molar-refractivity contribution in [3.05, 3.63) is 53.1 Å². The summed E-state index contributed by atoms with van der Waals surface area (Å²) >= 11 is 0. The molecule has 1 heterocycles. The summed E-state index contributed by atoms with van der Waals surface area (Å²) in [7, 11) is 0. The lowest BCUT2D eigenvalue weighted by atomic mass is 10.1. The highest BCUT2D eigenvalue weighted by Crippen LogP contribution is 2.13. The van der Waals surface area contributed by atoms with E-state index >= 15 is 0 Å². The number of aliphatic hydroxyl groups excluding tert-OH is 1. The molecule has 0 saturated carbocycles. The fraction of sp³-hybridized carbons (Fsp3) is 0.526. The summed E-state index contributed by atoms with van der Waals surface area (Å²) < 4.78 is 15.1. The molecule has 24 heavy (non-hydrogen) atoms. The van der Waals surface area contributed by atoms with Crippen LogP contribution < -0.4 is 0 Å². The quantitative estimate of drug-likeness (QED) is 0.765. The second-order valence-corrected chi connectivity index (χ2v) is 6.35. The highest BCUT2D eigenvalue weighted by atomic mass is 19.1. The van der Waals surface area contributed by atoms with Crippen molar-refractivity contribution in [2.45, 2.75) is 52.7 Å². The van der Waals surface area contributed by atoms with Gasteiger partial charge in [0.15, 0.2) is 0 Å². The van der Waals surface area contributed by atoms with Crippen molar-refractivity contribution in [1.29, 1.82) is 0 Å². The van der Waals surface area contributed by atoms with E-state index < -0.39 is 0 Å². The number of rotatable bonds is 9. The second kappa shape index (κ2) is 8.94. The van der Waals surface area contributed by atoms with Crippen molar-refractivity contribution >= 4 is 0 Å². The Morgan fingerprint density at radius 1 is 1.25 bits per heavy atom. The van der Waals surface area contributed by atoms with Crippen molar-refractivity contribution in [2.24, 2.45) is 0 Å². The van der Waals surface area contributed by atoms with E-state index in [2.05, 4.69) is 29.9 Å². The van der Waals surface area contributed by atoms with Gasteiger partial charge in [0.25, 0.3) is 0 Å². The lowest BCUT2D eigenvalue weighted by Gasteiger charge is -2.30. The molecule has 0 bridgehead atoms. The zero-order valence-electron chi connectivity index (χ0n) is 14.9. The van der Waals surface area contributed by atoms with Gasteiger partial charge >= 0.3 is 0 Å². The number of aliphatic hydroxyl groups is 1. The molecule has 0 radical (unpaired) electrons. The molecule has 2 rings (SSSR count). The van der Waals surface area contributed by atoms with Crippen molar-refractivity contribution < 1.29 is 9.50 Å². The van der Waals surface area contributed by atoms with Gasteiger partial charge in [-0.25, -0.2) is 4.39 Å². The Morgan fingerprint density at radius 3 is 2.50 bits per heavy atom. The number of nitrogens with zero attached hydrogens (tertiary/aromatic N) is 3. The fourth-order valence-electron chi connectivity index (χ4n) is 3.04. The maximum absolute atomic E-state index is 13.1. The highest BCUT2D eigenvalue weighted by Gasteiger charge is 2.16. The van der Waals surface area contributed by atoms with Gasteiger partial charge in [-0.15, -0.1) is 0 Å². The van der Waals surface area contributed by atoms with Crippen LogP contribution in [0.3, 0.4) is 0 Å². The van der Waals surface area contributed by atoms with Crippen LogP contribution in [0, 0.1) is 19.7 Å². The summed E-state index contributed by atoms with van der Waals surface area (Å²) in [5.74, 6) is -0.218. The van der Waals surface area contributed by atoms with E-state index in [1.165, 1.54) is 17.8 Å². The summed E-state index contributed by atoms with van der Waals surface area (Å²) in [6, 6.07) is 8.81. The van der Waals surface area contributed by atoms with E-state index in [0.29, 0.717) is 0 Å². The van der Waals surface area contributed by atoms with Gasteiger partial charge < -0.3 is 5.11 Å². The third-order valence-electron chi connectivity index (χ3n) is 4.42. The Labute approximate surface area is 143 Å². The lowest BCUT2D eigenvalue weighted by Crippen LogP contribution is -2.38. The van der Waals surface area contributed by atoms with Crippen LogP contribution in [0.5, 0.6) is 0 Å². The SMILES string of the molecule is CC[C@H](CO)N(CCCn1nc(C)cc1C)Cc1ccc(F)cc1. The molecule has 0 fully saturated rings. The average molecular weight is 333 g/mol. The summed E-state index contributed by atoms with van der Waals surface area (Å²) in [5.41, 5.74) is 3.28. The third-order valence-corrected chi connectivity index (χ3v) is 4.42. The molecule has 2 aromatic rings. The number of hydrogen-bond acceptors (Lipinski definition) is 3. The van der Waals surface area contributed by atoms with Gasteiger partial charge in [-0.2, -0.15) is 5.10 Å². The Bertz CT molecular complexity index is 620. The van der Waals surface area contributed by atoms with Gasteiger partial charge in [0.2, 0.25) is 0 Å². The van der Waals surface area contributed by atoms with Crippen LogP contribution in [-0.2, 0) is 13.1 Å². The van der Waals surface area contributed by atoms with Gasteiger partial charge in [0, 0.05) is 31.4 Å². The summed E-state index contributed by atoms with van der Waals surface area (Å²) in [5, 5.41) is 14.2. The number of hydrogen-bond donors (Lipinski definition) is 1. The molecule has 1 aromatic carbocycles. The smallest absolute Gasteiger partial charge is 0.123 e. The predicted octanol–water partition coefficient (Wildman–Crippen LogP) is 3.30. The standard InChI is InChI=1S/C19H28FN3O/c1-4-19(14-24)22(13-17-6-8-18(20)9-7-17)10-5-11-23-16(3)12-15(2)21-23/h6-9,12,19,24H,4-5,10-11,13-14H2,1-3H3/t19-/m1/s1. The first-order chi connectivity index (χ1) is 11.5. The summed E-state index contributed by atoms with van der Waals surface area (Å²) in [6.07, 6.45) is 1.84. The number of aryl methyl sites for hydroxylation is 3. The number of benzene rings is 1. The topological polar surface area (TPSA) is 41.3 Å². The molecular weight excluding hydrogens is 305 g/mol. The zero-order valence-corrected chi connectivity index (χ0v) is 14.9. The maximum atomic E-state index is 13.1. The Hall–Kier alpha value is -1.72. The third kappa shape index (κ3) is 5.14. The van der Waals surface area contributed by atoms with Crippen molar-refractivity contribution in [3.8, 4) is 0 Å². The molecule has 1 atom stereocenters. The van der Waals surface area contributed by atoms with Crippen LogP contribution in [0.1, 0.15) is 36.7 Å². The maximum Gasteiger partial charge on any atom is 0.123 e. The van der Waals surface area contributed by atoms with Gasteiger partial charge in [-0.05, 0) is 50.5 Å². The zero-order chi connectivity index (χ0) is 17.5. The van der Waals surface area contributed by atoms with Crippen molar-refractivity contribution in [1.82, 2.24) is 14.7 Å². The average Bonchev–Trinajstić information content (AvgIpc) is 2.88. The van der Waals surface area contributed by atoms with Crippen LogP contribution in [0.25, 0.3) is 0 Å². The minimum atomic E-state index is -0.218. The molecule has 0 spiro atoms. The number of halogens is 1. The molecule has 1 aromatic heterocycles. The Morgan fingerprint density at radius 2 is 1.96 bits per heavy atom. The van der Waals surface area contributed by atoms with Crippen molar-refractivity contribution in [2.75, 3.05) is 13.2 Å². The molecule has 1 N–H and O–H groups in total. The highest BCUT2D eigenvalue weighted by molar-refractivity contribution is 5.16. The molecule has 0 aliphatic heterocycles. The van der Waals surface area contributed by atoms with E-state index in [4.69, 9.17) is 0 Å². The lowest BCUT2D eigenvalue weighted by molar-refractivity contribution is 0.110. The van der Waals surface area contributed by atoms with E-state index in [9.17, 15) is 9.50 Å². The molecule has 5 heteroatoms. The van der Waals surface area contributed by atoms with Crippen LogP contribution in [0.4, 0.5) is 4.39 Å². The van der Waals surface area contributed by atoms with Gasteiger partial charge in [0.05, 0.1) is 12.3 Å². The van der Waals surface area contributed by atoms with Gasteiger partial charge in [0.1, 0.15) is 5.82 Å².